The summed E-state index contributed by atoms with van der Waals surface area (Å²) < 4.78 is 0. The second kappa shape index (κ2) is 8.11. The molecule has 100 valence electrons. The summed E-state index contributed by atoms with van der Waals surface area (Å²) in [4.78, 5) is 11.1. The highest BCUT2D eigenvalue weighted by atomic mass is 79.9. The number of hydrogen-bond donors (Lipinski definition) is 3. The number of aromatic hydroxyl groups is 1. The van der Waals surface area contributed by atoms with Gasteiger partial charge in [-0.3, -0.25) is 4.79 Å². The van der Waals surface area contributed by atoms with Gasteiger partial charge in [0.1, 0.15) is 11.8 Å². The number of carboxylic acids is 1. The van der Waals surface area contributed by atoms with Gasteiger partial charge in [0.2, 0.25) is 0 Å². The average molecular weight is 316 g/mol. The summed E-state index contributed by atoms with van der Waals surface area (Å²) in [5.41, 5.74) is 0.896. The molecule has 1 atom stereocenters. The van der Waals surface area contributed by atoms with Crippen LogP contribution in [-0.4, -0.2) is 34.1 Å². The van der Waals surface area contributed by atoms with E-state index in [0.717, 1.165) is 23.7 Å². The Hall–Kier alpha value is -1.07. The van der Waals surface area contributed by atoms with Crippen LogP contribution >= 0.6 is 15.9 Å². The number of benzene rings is 1. The van der Waals surface area contributed by atoms with E-state index in [1.54, 1.807) is 24.3 Å². The van der Waals surface area contributed by atoms with Crippen molar-refractivity contribution in [2.75, 3.05) is 11.9 Å². The maximum absolute atomic E-state index is 11.1. The molecule has 0 spiro atoms. The zero-order chi connectivity index (χ0) is 13.4. The molecule has 0 amide bonds. The number of phenols is 1. The summed E-state index contributed by atoms with van der Waals surface area (Å²) in [6, 6.07) is 6.04. The van der Waals surface area contributed by atoms with Gasteiger partial charge in [-0.05, 0) is 43.5 Å². The van der Waals surface area contributed by atoms with Crippen LogP contribution in [0.3, 0.4) is 0 Å². The molecular formula is C13H18BrNO3. The molecule has 0 fully saturated rings. The van der Waals surface area contributed by atoms with Gasteiger partial charge >= 0.3 is 5.97 Å². The largest absolute Gasteiger partial charge is 0.508 e. The quantitative estimate of drug-likeness (QED) is 0.508. The predicted octanol–water partition coefficient (Wildman–Crippen LogP) is 2.15. The number of nitrogens with one attached hydrogen (secondary N) is 1. The Morgan fingerprint density at radius 2 is 1.94 bits per heavy atom. The summed E-state index contributed by atoms with van der Waals surface area (Å²) in [7, 11) is 0. The Labute approximate surface area is 115 Å². The molecule has 0 saturated carbocycles. The molecule has 0 bridgehead atoms. The minimum absolute atomic E-state index is 0.191. The Morgan fingerprint density at radius 1 is 1.28 bits per heavy atom. The molecule has 0 aliphatic carbocycles. The lowest BCUT2D eigenvalue weighted by Gasteiger charge is -2.14. The Morgan fingerprint density at radius 3 is 2.50 bits per heavy atom. The van der Waals surface area contributed by atoms with Crippen LogP contribution < -0.4 is 5.32 Å². The number of phenolic OH excluding ortho intramolecular Hbond substituents is 1. The summed E-state index contributed by atoms with van der Waals surface area (Å²) in [6.45, 7) is 0.695. The molecule has 4 nitrogen and oxygen atoms in total. The Balaban J connectivity index is 2.47. The van der Waals surface area contributed by atoms with Crippen molar-refractivity contribution >= 4 is 21.9 Å². The SMILES string of the molecule is O=C(O)[C@H](Cc1ccc(O)cc1)NCCCCBr. The van der Waals surface area contributed by atoms with Gasteiger partial charge in [0.25, 0.3) is 0 Å². The number of halogens is 1. The molecule has 3 N–H and O–H groups in total. The van der Waals surface area contributed by atoms with E-state index in [1.165, 1.54) is 0 Å². The highest BCUT2D eigenvalue weighted by Gasteiger charge is 2.16. The van der Waals surface area contributed by atoms with Crippen molar-refractivity contribution in [2.45, 2.75) is 25.3 Å². The first-order valence-electron chi connectivity index (χ1n) is 5.93. The van der Waals surface area contributed by atoms with Crippen molar-refractivity contribution < 1.29 is 15.0 Å². The molecule has 0 heterocycles. The maximum atomic E-state index is 11.1. The lowest BCUT2D eigenvalue weighted by molar-refractivity contribution is -0.139. The van der Waals surface area contributed by atoms with Crippen LogP contribution in [0.25, 0.3) is 0 Å². The molecular weight excluding hydrogens is 298 g/mol. The molecule has 0 saturated heterocycles. The van der Waals surface area contributed by atoms with Gasteiger partial charge in [-0.15, -0.1) is 0 Å². The van der Waals surface area contributed by atoms with Gasteiger partial charge in [-0.2, -0.15) is 0 Å². The number of carbonyl (C=O) groups is 1. The fourth-order valence-electron chi connectivity index (χ4n) is 1.61. The van der Waals surface area contributed by atoms with Crippen LogP contribution in [-0.2, 0) is 11.2 Å². The lowest BCUT2D eigenvalue weighted by Crippen LogP contribution is -2.39. The molecule has 1 rings (SSSR count). The van der Waals surface area contributed by atoms with E-state index in [2.05, 4.69) is 21.2 Å². The normalized spacial score (nSPS) is 12.3. The molecule has 18 heavy (non-hydrogen) atoms. The smallest absolute Gasteiger partial charge is 0.321 e. The highest BCUT2D eigenvalue weighted by Crippen LogP contribution is 2.11. The zero-order valence-electron chi connectivity index (χ0n) is 10.1. The highest BCUT2D eigenvalue weighted by molar-refractivity contribution is 9.09. The van der Waals surface area contributed by atoms with E-state index >= 15 is 0 Å². The van der Waals surface area contributed by atoms with E-state index in [0.29, 0.717) is 13.0 Å². The van der Waals surface area contributed by atoms with Gasteiger partial charge in [-0.25, -0.2) is 0 Å². The van der Waals surface area contributed by atoms with Crippen molar-refractivity contribution in [3.8, 4) is 5.75 Å². The van der Waals surface area contributed by atoms with Crippen LogP contribution in [0, 0.1) is 0 Å². The van der Waals surface area contributed by atoms with Crippen LogP contribution in [0.5, 0.6) is 5.75 Å². The van der Waals surface area contributed by atoms with Gasteiger partial charge < -0.3 is 15.5 Å². The molecule has 0 aromatic heterocycles. The van der Waals surface area contributed by atoms with Gasteiger partial charge in [0.05, 0.1) is 0 Å². The van der Waals surface area contributed by atoms with Crippen molar-refractivity contribution in [1.82, 2.24) is 5.32 Å². The van der Waals surface area contributed by atoms with Crippen molar-refractivity contribution in [3.05, 3.63) is 29.8 Å². The van der Waals surface area contributed by atoms with E-state index in [4.69, 9.17) is 10.2 Å². The lowest BCUT2D eigenvalue weighted by atomic mass is 10.1. The predicted molar refractivity (Wildman–Crippen MR) is 74.3 cm³/mol. The zero-order valence-corrected chi connectivity index (χ0v) is 11.7. The minimum atomic E-state index is -0.845. The summed E-state index contributed by atoms with van der Waals surface area (Å²) >= 11 is 3.34. The molecule has 0 unspecified atom stereocenters. The fraction of sp³-hybridized carbons (Fsp3) is 0.462. The average Bonchev–Trinajstić information content (AvgIpc) is 2.35. The van der Waals surface area contributed by atoms with E-state index < -0.39 is 12.0 Å². The fourth-order valence-corrected chi connectivity index (χ4v) is 2.01. The van der Waals surface area contributed by atoms with Crippen LogP contribution in [0.2, 0.25) is 0 Å². The topological polar surface area (TPSA) is 69.6 Å². The first-order valence-corrected chi connectivity index (χ1v) is 7.05. The second-order valence-corrected chi connectivity index (χ2v) is 4.90. The minimum Gasteiger partial charge on any atom is -0.508 e. The Kier molecular flexibility index (Phi) is 6.75. The number of hydrogen-bond acceptors (Lipinski definition) is 3. The van der Waals surface area contributed by atoms with Crippen LogP contribution in [0.1, 0.15) is 18.4 Å². The monoisotopic (exact) mass is 315 g/mol. The third-order valence-corrected chi connectivity index (χ3v) is 3.19. The molecule has 0 radical (unpaired) electrons. The molecule has 5 heteroatoms. The number of alkyl halides is 1. The Bertz CT molecular complexity index is 367. The maximum Gasteiger partial charge on any atom is 0.321 e. The van der Waals surface area contributed by atoms with Gasteiger partial charge in [0.15, 0.2) is 0 Å². The van der Waals surface area contributed by atoms with Crippen molar-refractivity contribution in [3.63, 3.8) is 0 Å². The molecule has 1 aromatic carbocycles. The first-order chi connectivity index (χ1) is 8.63. The number of carboxylic acid groups (broad SMARTS) is 1. The van der Waals surface area contributed by atoms with E-state index in [9.17, 15) is 4.79 Å². The molecule has 0 aliphatic rings. The standard InChI is InChI=1S/C13H18BrNO3/c14-7-1-2-8-15-12(13(17)18)9-10-3-5-11(16)6-4-10/h3-6,12,15-16H,1-2,7-9H2,(H,17,18)/t12-/m0/s1. The van der Waals surface area contributed by atoms with E-state index in [1.807, 2.05) is 0 Å². The number of unbranched alkanes of at least 4 members (excludes halogenated alkanes) is 1. The summed E-state index contributed by atoms with van der Waals surface area (Å²) in [5.74, 6) is -0.655. The van der Waals surface area contributed by atoms with E-state index in [-0.39, 0.29) is 5.75 Å². The number of aliphatic carboxylic acids is 1. The molecule has 0 aliphatic heterocycles. The third kappa shape index (κ3) is 5.51. The van der Waals surface area contributed by atoms with Crippen LogP contribution in [0.15, 0.2) is 24.3 Å². The second-order valence-electron chi connectivity index (χ2n) is 4.11. The third-order valence-electron chi connectivity index (χ3n) is 2.63. The van der Waals surface area contributed by atoms with Crippen molar-refractivity contribution in [1.29, 1.82) is 0 Å². The first kappa shape index (κ1) is 15.0. The van der Waals surface area contributed by atoms with Crippen molar-refractivity contribution in [2.24, 2.45) is 0 Å². The molecule has 1 aromatic rings. The summed E-state index contributed by atoms with van der Waals surface area (Å²) in [5, 5.41) is 22.3. The van der Waals surface area contributed by atoms with Gasteiger partial charge in [0, 0.05) is 5.33 Å². The number of rotatable bonds is 8. The van der Waals surface area contributed by atoms with Gasteiger partial charge in [-0.1, -0.05) is 28.1 Å². The van der Waals surface area contributed by atoms with Crippen LogP contribution in [0.4, 0.5) is 0 Å². The summed E-state index contributed by atoms with van der Waals surface area (Å²) in [6.07, 6.45) is 2.40.